The molecule has 0 radical (unpaired) electrons. The fourth-order valence-corrected chi connectivity index (χ4v) is 5.89. The molecule has 2 aromatic rings. The van der Waals surface area contributed by atoms with Gasteiger partial charge in [-0.15, -0.1) is 0 Å². The van der Waals surface area contributed by atoms with Gasteiger partial charge in [-0.3, -0.25) is 9.89 Å². The van der Waals surface area contributed by atoms with Crippen molar-refractivity contribution in [3.63, 3.8) is 0 Å². The van der Waals surface area contributed by atoms with Gasteiger partial charge in [0.1, 0.15) is 5.82 Å². The van der Waals surface area contributed by atoms with E-state index in [0.717, 1.165) is 37.8 Å². The summed E-state index contributed by atoms with van der Waals surface area (Å²) in [6, 6.07) is 4.34. The van der Waals surface area contributed by atoms with Gasteiger partial charge in [0.2, 0.25) is 10.0 Å². The molecule has 2 aliphatic heterocycles. The van der Waals surface area contributed by atoms with Gasteiger partial charge in [0.25, 0.3) is 5.91 Å². The first-order chi connectivity index (χ1) is 14.0. The van der Waals surface area contributed by atoms with Crippen LogP contribution in [0.2, 0.25) is 0 Å². The maximum absolute atomic E-state index is 13.2. The number of hydrogen-bond acceptors (Lipinski definition) is 4. The molecule has 0 bridgehead atoms. The minimum atomic E-state index is -3.81. The maximum atomic E-state index is 13.2. The second kappa shape index (κ2) is 8.23. The number of carbonyl (C=O) groups excluding carboxylic acids is 1. The normalized spacial score (nSPS) is 21.3. The summed E-state index contributed by atoms with van der Waals surface area (Å²) in [7, 11) is -3.81. The van der Waals surface area contributed by atoms with Gasteiger partial charge >= 0.3 is 0 Å². The first-order valence-corrected chi connectivity index (χ1v) is 11.5. The summed E-state index contributed by atoms with van der Waals surface area (Å²) in [5.41, 5.74) is 0.987. The SMILES string of the molecule is O=C(c1cn[nH]c1[C@H]1CCCN1S(=O)(=O)c1ccc(F)cc1)N1CCCCCC1. The Morgan fingerprint density at radius 1 is 1.03 bits per heavy atom. The molecule has 0 spiro atoms. The second-order valence-corrected chi connectivity index (χ2v) is 9.52. The standard InChI is InChI=1S/C20H25FN4O3S/c21-15-7-9-16(10-8-15)29(27,28)25-13-5-6-18(25)19-17(14-22-23-19)20(26)24-11-3-1-2-4-12-24/h7-10,14,18H,1-6,11-13H2,(H,22,23)/t18-/m1/s1. The quantitative estimate of drug-likeness (QED) is 0.824. The lowest BCUT2D eigenvalue weighted by Crippen LogP contribution is -2.34. The number of H-pyrrole nitrogens is 1. The van der Waals surface area contributed by atoms with Gasteiger partial charge in [0.05, 0.1) is 28.4 Å². The van der Waals surface area contributed by atoms with Crippen LogP contribution in [0.4, 0.5) is 4.39 Å². The Bertz CT molecular complexity index is 966. The molecule has 29 heavy (non-hydrogen) atoms. The van der Waals surface area contributed by atoms with Crippen LogP contribution in [0.3, 0.4) is 0 Å². The Labute approximate surface area is 169 Å². The number of benzene rings is 1. The van der Waals surface area contributed by atoms with Crippen LogP contribution in [-0.4, -0.2) is 53.4 Å². The number of sulfonamides is 1. The number of halogens is 1. The van der Waals surface area contributed by atoms with Crippen molar-refractivity contribution >= 4 is 15.9 Å². The first-order valence-electron chi connectivity index (χ1n) is 10.1. The van der Waals surface area contributed by atoms with Crippen LogP contribution in [0.25, 0.3) is 0 Å². The third-order valence-corrected chi connectivity index (χ3v) is 7.67. The number of aromatic nitrogens is 2. The highest BCUT2D eigenvalue weighted by atomic mass is 32.2. The first kappa shape index (κ1) is 20.0. The number of nitrogens with zero attached hydrogens (tertiary/aromatic N) is 3. The van der Waals surface area contributed by atoms with Crippen LogP contribution in [-0.2, 0) is 10.0 Å². The predicted molar refractivity (Wildman–Crippen MR) is 105 cm³/mol. The van der Waals surface area contributed by atoms with Crippen molar-refractivity contribution in [2.75, 3.05) is 19.6 Å². The zero-order valence-electron chi connectivity index (χ0n) is 16.2. The molecule has 0 saturated carbocycles. The average molecular weight is 421 g/mol. The molecule has 2 aliphatic rings. The average Bonchev–Trinajstić information content (AvgIpc) is 3.31. The lowest BCUT2D eigenvalue weighted by molar-refractivity contribution is 0.0759. The Balaban J connectivity index is 1.62. The Kier molecular flexibility index (Phi) is 5.69. The van der Waals surface area contributed by atoms with Gasteiger partial charge in [-0.2, -0.15) is 9.40 Å². The molecule has 4 rings (SSSR count). The Hall–Kier alpha value is -2.26. The molecule has 0 unspecified atom stereocenters. The molecule has 1 amide bonds. The second-order valence-electron chi connectivity index (χ2n) is 7.63. The minimum Gasteiger partial charge on any atom is -0.339 e. The van der Waals surface area contributed by atoms with Gasteiger partial charge in [0, 0.05) is 19.6 Å². The lowest BCUT2D eigenvalue weighted by Gasteiger charge is -2.25. The van der Waals surface area contributed by atoms with Crippen molar-refractivity contribution in [3.05, 3.63) is 47.5 Å². The monoisotopic (exact) mass is 420 g/mol. The van der Waals surface area contributed by atoms with E-state index in [2.05, 4.69) is 10.2 Å². The van der Waals surface area contributed by atoms with Crippen LogP contribution < -0.4 is 0 Å². The van der Waals surface area contributed by atoms with E-state index >= 15 is 0 Å². The van der Waals surface area contributed by atoms with E-state index in [4.69, 9.17) is 0 Å². The minimum absolute atomic E-state index is 0.0470. The fourth-order valence-electron chi connectivity index (χ4n) is 4.22. The molecule has 1 aromatic carbocycles. The topological polar surface area (TPSA) is 86.4 Å². The van der Waals surface area contributed by atoms with E-state index in [-0.39, 0.29) is 10.8 Å². The maximum Gasteiger partial charge on any atom is 0.257 e. The van der Waals surface area contributed by atoms with Crippen LogP contribution in [0.1, 0.15) is 60.6 Å². The number of likely N-dealkylation sites (tertiary alicyclic amines) is 1. The Morgan fingerprint density at radius 3 is 2.41 bits per heavy atom. The van der Waals surface area contributed by atoms with Gasteiger partial charge < -0.3 is 4.90 Å². The van der Waals surface area contributed by atoms with Crippen LogP contribution in [0.15, 0.2) is 35.4 Å². The molecule has 2 fully saturated rings. The van der Waals surface area contributed by atoms with E-state index in [9.17, 15) is 17.6 Å². The highest BCUT2D eigenvalue weighted by Crippen LogP contribution is 2.37. The van der Waals surface area contributed by atoms with Gasteiger partial charge in [0.15, 0.2) is 0 Å². The van der Waals surface area contributed by atoms with E-state index in [1.807, 2.05) is 4.90 Å². The molecule has 9 heteroatoms. The molecule has 0 aliphatic carbocycles. The largest absolute Gasteiger partial charge is 0.339 e. The summed E-state index contributed by atoms with van der Waals surface area (Å²) in [5, 5.41) is 6.95. The molecule has 1 aromatic heterocycles. The smallest absolute Gasteiger partial charge is 0.257 e. The molecule has 3 heterocycles. The van der Waals surface area contributed by atoms with Crippen molar-refractivity contribution < 1.29 is 17.6 Å². The van der Waals surface area contributed by atoms with Crippen molar-refractivity contribution in [1.82, 2.24) is 19.4 Å². The number of amides is 1. The molecule has 1 N–H and O–H groups in total. The third kappa shape index (κ3) is 3.93. The third-order valence-electron chi connectivity index (χ3n) is 5.75. The Morgan fingerprint density at radius 2 is 1.72 bits per heavy atom. The van der Waals surface area contributed by atoms with E-state index in [1.165, 1.54) is 22.6 Å². The molecule has 2 saturated heterocycles. The highest BCUT2D eigenvalue weighted by molar-refractivity contribution is 7.89. The van der Waals surface area contributed by atoms with Gasteiger partial charge in [-0.05, 0) is 49.9 Å². The summed E-state index contributed by atoms with van der Waals surface area (Å²) in [5.74, 6) is -0.581. The van der Waals surface area contributed by atoms with Crippen molar-refractivity contribution in [3.8, 4) is 0 Å². The van der Waals surface area contributed by atoms with E-state index < -0.39 is 21.9 Å². The summed E-state index contributed by atoms with van der Waals surface area (Å²) in [6.07, 6.45) is 6.98. The van der Waals surface area contributed by atoms with Crippen LogP contribution in [0, 0.1) is 5.82 Å². The lowest BCUT2D eigenvalue weighted by atomic mass is 10.1. The predicted octanol–water partition coefficient (Wildman–Crippen LogP) is 3.09. The van der Waals surface area contributed by atoms with Crippen molar-refractivity contribution in [1.29, 1.82) is 0 Å². The zero-order chi connectivity index (χ0) is 20.4. The number of carbonyl (C=O) groups is 1. The molecule has 7 nitrogen and oxygen atoms in total. The highest BCUT2D eigenvalue weighted by Gasteiger charge is 2.39. The fraction of sp³-hybridized carbons (Fsp3) is 0.500. The van der Waals surface area contributed by atoms with E-state index in [0.29, 0.717) is 43.7 Å². The summed E-state index contributed by atoms with van der Waals surface area (Å²) in [4.78, 5) is 15.0. The van der Waals surface area contributed by atoms with Gasteiger partial charge in [-0.1, -0.05) is 12.8 Å². The zero-order valence-corrected chi connectivity index (χ0v) is 17.0. The molecule has 1 atom stereocenters. The van der Waals surface area contributed by atoms with Gasteiger partial charge in [-0.25, -0.2) is 12.8 Å². The molecule has 156 valence electrons. The van der Waals surface area contributed by atoms with Crippen LogP contribution >= 0.6 is 0 Å². The number of aromatic amines is 1. The molecular formula is C20H25FN4O3S. The summed E-state index contributed by atoms with van der Waals surface area (Å²) in [6.45, 7) is 1.78. The summed E-state index contributed by atoms with van der Waals surface area (Å²) >= 11 is 0. The van der Waals surface area contributed by atoms with Crippen LogP contribution in [0.5, 0.6) is 0 Å². The van der Waals surface area contributed by atoms with Crippen molar-refractivity contribution in [2.24, 2.45) is 0 Å². The van der Waals surface area contributed by atoms with E-state index in [1.54, 1.807) is 0 Å². The number of nitrogens with one attached hydrogen (secondary N) is 1. The van der Waals surface area contributed by atoms with Crippen molar-refractivity contribution in [2.45, 2.75) is 49.5 Å². The number of hydrogen-bond donors (Lipinski definition) is 1. The summed E-state index contributed by atoms with van der Waals surface area (Å²) < 4.78 is 40.9. The number of rotatable bonds is 4. The molecular weight excluding hydrogens is 395 g/mol.